The zero-order valence-corrected chi connectivity index (χ0v) is 13.8. The third-order valence-corrected chi connectivity index (χ3v) is 4.83. The molecule has 0 amide bonds. The number of rotatable bonds is 4. The quantitative estimate of drug-likeness (QED) is 0.866. The van der Waals surface area contributed by atoms with Gasteiger partial charge in [0.2, 0.25) is 5.88 Å². The Morgan fingerprint density at radius 1 is 1.33 bits per heavy atom. The lowest BCUT2D eigenvalue weighted by Gasteiger charge is -2.16. The first-order valence-electron chi connectivity index (χ1n) is 5.14. The van der Waals surface area contributed by atoms with E-state index in [9.17, 15) is 0 Å². The Bertz CT molecular complexity index is 547. The third kappa shape index (κ3) is 2.74. The molecule has 1 N–H and O–H groups in total. The molecule has 0 aliphatic carbocycles. The van der Waals surface area contributed by atoms with Crippen molar-refractivity contribution in [3.8, 4) is 5.88 Å². The molecule has 2 aromatic rings. The van der Waals surface area contributed by atoms with Crippen LogP contribution in [0.1, 0.15) is 17.3 Å². The summed E-state index contributed by atoms with van der Waals surface area (Å²) in [6, 6.07) is 2.00. The molecule has 0 radical (unpaired) electrons. The molecule has 4 nitrogen and oxygen atoms in total. The van der Waals surface area contributed by atoms with Gasteiger partial charge in [-0.2, -0.15) is 0 Å². The van der Waals surface area contributed by atoms with E-state index >= 15 is 0 Å². The molecule has 7 heteroatoms. The largest absolute Gasteiger partial charge is 0.480 e. The molecule has 2 rings (SSSR count). The molecule has 96 valence electrons. The standard InChI is InChI=1S/C11H11Br2N3OS/c1-14-8(6-5-7(12)18-10(6)13)9-11(17-2)16-4-3-15-9/h3-5,8,14H,1-2H3. The van der Waals surface area contributed by atoms with Crippen molar-refractivity contribution < 1.29 is 4.74 Å². The number of nitrogens with one attached hydrogen (secondary N) is 1. The van der Waals surface area contributed by atoms with E-state index in [0.29, 0.717) is 5.88 Å². The second kappa shape index (κ2) is 6.10. The lowest BCUT2D eigenvalue weighted by atomic mass is 10.1. The first kappa shape index (κ1) is 13.9. The van der Waals surface area contributed by atoms with Gasteiger partial charge in [-0.15, -0.1) is 11.3 Å². The number of hydrogen-bond acceptors (Lipinski definition) is 5. The first-order valence-corrected chi connectivity index (χ1v) is 7.54. The predicted molar refractivity (Wildman–Crippen MR) is 79.2 cm³/mol. The maximum atomic E-state index is 5.26. The van der Waals surface area contributed by atoms with Gasteiger partial charge in [0, 0.05) is 18.0 Å². The highest BCUT2D eigenvalue weighted by Gasteiger charge is 2.22. The Morgan fingerprint density at radius 3 is 2.61 bits per heavy atom. The molecule has 1 atom stereocenters. The normalized spacial score (nSPS) is 12.4. The smallest absolute Gasteiger partial charge is 0.237 e. The molecule has 2 heterocycles. The van der Waals surface area contributed by atoms with Crippen LogP contribution >= 0.6 is 43.2 Å². The van der Waals surface area contributed by atoms with Crippen LogP contribution in [0.15, 0.2) is 26.0 Å². The number of hydrogen-bond donors (Lipinski definition) is 1. The van der Waals surface area contributed by atoms with Crippen LogP contribution in [0, 0.1) is 0 Å². The molecular weight excluding hydrogens is 382 g/mol. The molecule has 0 saturated heterocycles. The van der Waals surface area contributed by atoms with Gasteiger partial charge >= 0.3 is 0 Å². The zero-order valence-electron chi connectivity index (χ0n) is 9.78. The molecule has 0 fully saturated rings. The van der Waals surface area contributed by atoms with Crippen LogP contribution in [0.3, 0.4) is 0 Å². The Balaban J connectivity index is 2.48. The average Bonchev–Trinajstić information content (AvgIpc) is 2.70. The third-order valence-electron chi connectivity index (χ3n) is 2.44. The van der Waals surface area contributed by atoms with E-state index in [1.165, 1.54) is 0 Å². The number of thiophene rings is 1. The first-order chi connectivity index (χ1) is 8.67. The van der Waals surface area contributed by atoms with E-state index < -0.39 is 0 Å². The maximum absolute atomic E-state index is 5.26. The highest BCUT2D eigenvalue weighted by atomic mass is 79.9. The second-order valence-corrected chi connectivity index (χ2v) is 7.20. The Morgan fingerprint density at radius 2 is 2.06 bits per heavy atom. The summed E-state index contributed by atoms with van der Waals surface area (Å²) in [6.07, 6.45) is 3.28. The zero-order chi connectivity index (χ0) is 13.1. The Labute approximate surface area is 126 Å². The number of ether oxygens (including phenoxy) is 1. The highest BCUT2D eigenvalue weighted by molar-refractivity contribution is 9.12. The Kier molecular flexibility index (Phi) is 4.71. The second-order valence-electron chi connectivity index (χ2n) is 3.45. The summed E-state index contributed by atoms with van der Waals surface area (Å²) in [4.78, 5) is 8.55. The van der Waals surface area contributed by atoms with Crippen molar-refractivity contribution in [3.05, 3.63) is 37.3 Å². The van der Waals surface area contributed by atoms with Crippen LogP contribution in [0.2, 0.25) is 0 Å². The van der Waals surface area contributed by atoms with Crippen molar-refractivity contribution in [3.63, 3.8) is 0 Å². The fraction of sp³-hybridized carbons (Fsp3) is 0.273. The van der Waals surface area contributed by atoms with E-state index in [0.717, 1.165) is 18.8 Å². The van der Waals surface area contributed by atoms with E-state index in [2.05, 4.69) is 53.2 Å². The molecule has 0 spiro atoms. The fourth-order valence-corrected chi connectivity index (χ4v) is 4.58. The molecule has 2 aromatic heterocycles. The summed E-state index contributed by atoms with van der Waals surface area (Å²) in [7, 11) is 3.48. The molecular formula is C11H11Br2N3OS. The van der Waals surface area contributed by atoms with Crippen molar-refractivity contribution in [1.82, 2.24) is 15.3 Å². The summed E-state index contributed by atoms with van der Waals surface area (Å²) >= 11 is 8.67. The summed E-state index contributed by atoms with van der Waals surface area (Å²) in [5.41, 5.74) is 1.88. The van der Waals surface area contributed by atoms with Crippen molar-refractivity contribution in [2.45, 2.75) is 6.04 Å². The van der Waals surface area contributed by atoms with Crippen LogP contribution in [-0.2, 0) is 0 Å². The lowest BCUT2D eigenvalue weighted by Crippen LogP contribution is -2.20. The number of halogens is 2. The molecule has 1 unspecified atom stereocenters. The highest BCUT2D eigenvalue weighted by Crippen LogP contribution is 2.38. The summed E-state index contributed by atoms with van der Waals surface area (Å²) < 4.78 is 7.38. The molecule has 0 bridgehead atoms. The van der Waals surface area contributed by atoms with Gasteiger partial charge in [-0.25, -0.2) is 4.98 Å². The van der Waals surface area contributed by atoms with Gasteiger partial charge in [0.05, 0.1) is 20.7 Å². The van der Waals surface area contributed by atoms with Crippen LogP contribution < -0.4 is 10.1 Å². The topological polar surface area (TPSA) is 47.0 Å². The number of nitrogens with zero attached hydrogens (tertiary/aromatic N) is 2. The minimum atomic E-state index is -0.0643. The number of methoxy groups -OCH3 is 1. The summed E-state index contributed by atoms with van der Waals surface area (Å²) in [5, 5.41) is 3.24. The molecule has 0 aliphatic heterocycles. The average molecular weight is 393 g/mol. The van der Waals surface area contributed by atoms with Gasteiger partial charge in [0.25, 0.3) is 0 Å². The molecule has 0 aromatic carbocycles. The lowest BCUT2D eigenvalue weighted by molar-refractivity contribution is 0.384. The van der Waals surface area contributed by atoms with E-state index in [-0.39, 0.29) is 6.04 Å². The minimum absolute atomic E-state index is 0.0643. The predicted octanol–water partition coefficient (Wildman–Crippen LogP) is 3.38. The van der Waals surface area contributed by atoms with E-state index in [4.69, 9.17) is 4.74 Å². The summed E-state index contributed by atoms with van der Waals surface area (Å²) in [6.45, 7) is 0. The molecule has 0 saturated carbocycles. The van der Waals surface area contributed by atoms with Crippen LogP contribution in [-0.4, -0.2) is 24.1 Å². The Hall–Kier alpha value is -0.500. The molecule has 18 heavy (non-hydrogen) atoms. The van der Waals surface area contributed by atoms with Crippen molar-refractivity contribution in [1.29, 1.82) is 0 Å². The van der Waals surface area contributed by atoms with Crippen molar-refractivity contribution in [2.24, 2.45) is 0 Å². The fourth-order valence-electron chi connectivity index (χ4n) is 1.68. The van der Waals surface area contributed by atoms with Gasteiger partial charge < -0.3 is 10.1 Å². The van der Waals surface area contributed by atoms with Gasteiger partial charge in [-0.3, -0.25) is 4.98 Å². The minimum Gasteiger partial charge on any atom is -0.480 e. The van der Waals surface area contributed by atoms with Crippen LogP contribution in [0.4, 0.5) is 0 Å². The van der Waals surface area contributed by atoms with E-state index in [1.807, 2.05) is 7.05 Å². The van der Waals surface area contributed by atoms with E-state index in [1.54, 1.807) is 30.8 Å². The van der Waals surface area contributed by atoms with Gasteiger partial charge in [-0.05, 0) is 45.0 Å². The maximum Gasteiger partial charge on any atom is 0.237 e. The summed E-state index contributed by atoms with van der Waals surface area (Å²) in [5.74, 6) is 0.533. The van der Waals surface area contributed by atoms with Crippen LogP contribution in [0.5, 0.6) is 5.88 Å². The van der Waals surface area contributed by atoms with Gasteiger partial charge in [0.1, 0.15) is 5.69 Å². The van der Waals surface area contributed by atoms with Gasteiger partial charge in [-0.1, -0.05) is 0 Å². The van der Waals surface area contributed by atoms with Gasteiger partial charge in [0.15, 0.2) is 0 Å². The van der Waals surface area contributed by atoms with Crippen molar-refractivity contribution in [2.75, 3.05) is 14.2 Å². The monoisotopic (exact) mass is 391 g/mol. The number of aromatic nitrogens is 2. The van der Waals surface area contributed by atoms with Crippen molar-refractivity contribution >= 4 is 43.2 Å². The molecule has 0 aliphatic rings. The van der Waals surface area contributed by atoms with Crippen LogP contribution in [0.25, 0.3) is 0 Å². The SMILES string of the molecule is CNC(c1cc(Br)sc1Br)c1nccnc1OC.